The highest BCUT2D eigenvalue weighted by Gasteiger charge is 2.15. The molecule has 38 heavy (non-hydrogen) atoms. The number of unbranched alkanes of at least 4 members (excludes halogenated alkanes) is 5. The van der Waals surface area contributed by atoms with Crippen molar-refractivity contribution in [2.45, 2.75) is 44.9 Å². The molecule has 0 spiro atoms. The molecule has 1 amide bonds. The molecule has 202 valence electrons. The third kappa shape index (κ3) is 9.92. The van der Waals surface area contributed by atoms with Crippen molar-refractivity contribution in [3.63, 3.8) is 0 Å². The fourth-order valence-corrected chi connectivity index (χ4v) is 4.19. The molecule has 8 heteroatoms. The predicted octanol–water partition coefficient (Wildman–Crippen LogP) is 7.33. The molecule has 0 saturated carbocycles. The number of anilines is 1. The molecular weight excluding hydrogens is 523 g/mol. The molecule has 3 aromatic rings. The van der Waals surface area contributed by atoms with Gasteiger partial charge < -0.3 is 20.1 Å². The summed E-state index contributed by atoms with van der Waals surface area (Å²) in [6.07, 6.45) is 6.82. The number of ether oxygens (including phenoxy) is 2. The number of rotatable bonds is 15. The number of hydrogen-bond donors (Lipinski definition) is 2. The minimum atomic E-state index is -0.566. The van der Waals surface area contributed by atoms with Gasteiger partial charge in [0.1, 0.15) is 11.5 Å². The van der Waals surface area contributed by atoms with Gasteiger partial charge in [0.2, 0.25) is 5.91 Å². The Hall–Kier alpha value is -3.22. The number of benzene rings is 3. The Morgan fingerprint density at radius 3 is 2.16 bits per heavy atom. The molecule has 0 unspecified atom stereocenters. The monoisotopic (exact) mass is 556 g/mol. The van der Waals surface area contributed by atoms with Gasteiger partial charge in [-0.2, -0.15) is 0 Å². The summed E-state index contributed by atoms with van der Waals surface area (Å²) in [5, 5.41) is 6.55. The number of halogens is 2. The minimum Gasteiger partial charge on any atom is -0.494 e. The third-order valence-corrected chi connectivity index (χ3v) is 6.79. The van der Waals surface area contributed by atoms with Gasteiger partial charge in [-0.05, 0) is 66.9 Å². The average molecular weight is 558 g/mol. The Balaban J connectivity index is 1.20. The maximum atomic E-state index is 12.3. The zero-order valence-corrected chi connectivity index (χ0v) is 23.1. The van der Waals surface area contributed by atoms with Crippen molar-refractivity contribution in [1.82, 2.24) is 5.32 Å². The van der Waals surface area contributed by atoms with Gasteiger partial charge in [0.15, 0.2) is 0 Å². The second kappa shape index (κ2) is 15.9. The van der Waals surface area contributed by atoms with Gasteiger partial charge >= 0.3 is 5.97 Å². The topological polar surface area (TPSA) is 76.7 Å². The standard InChI is InChI=1S/C30H34Cl2N2O4/c1-33-23-13-11-22(12-14-23)21-28(35)34-19-6-4-2-3-5-7-20-37-24-15-17-25(18-16-24)38-30(36)26-9-8-10-27(31)29(26)32/h8-18,33H,2-7,19-21H2,1H3,(H,34,35). The van der Waals surface area contributed by atoms with Crippen molar-refractivity contribution >= 4 is 40.8 Å². The summed E-state index contributed by atoms with van der Waals surface area (Å²) in [5.74, 6) is 0.622. The van der Waals surface area contributed by atoms with Crippen LogP contribution in [0.4, 0.5) is 5.69 Å². The molecule has 0 atom stereocenters. The lowest BCUT2D eigenvalue weighted by Crippen LogP contribution is -2.26. The molecule has 0 radical (unpaired) electrons. The molecule has 0 aromatic heterocycles. The fourth-order valence-electron chi connectivity index (χ4n) is 3.82. The number of carbonyl (C=O) groups is 2. The SMILES string of the molecule is CNc1ccc(CC(=O)NCCCCCCCCOc2ccc(OC(=O)c3cccc(Cl)c3Cl)cc2)cc1. The van der Waals surface area contributed by atoms with Crippen LogP contribution in [0.25, 0.3) is 0 Å². The van der Waals surface area contributed by atoms with Crippen LogP contribution in [0, 0.1) is 0 Å². The highest BCUT2D eigenvalue weighted by Crippen LogP contribution is 2.27. The molecule has 0 aliphatic heterocycles. The van der Waals surface area contributed by atoms with Crippen LogP contribution in [0.1, 0.15) is 54.4 Å². The summed E-state index contributed by atoms with van der Waals surface area (Å²) >= 11 is 12.0. The van der Waals surface area contributed by atoms with E-state index in [4.69, 9.17) is 32.7 Å². The van der Waals surface area contributed by atoms with E-state index in [1.807, 2.05) is 31.3 Å². The molecule has 6 nitrogen and oxygen atoms in total. The van der Waals surface area contributed by atoms with E-state index in [-0.39, 0.29) is 16.5 Å². The molecule has 0 aliphatic carbocycles. The Morgan fingerprint density at radius 1 is 0.789 bits per heavy atom. The van der Waals surface area contributed by atoms with Crippen molar-refractivity contribution in [1.29, 1.82) is 0 Å². The van der Waals surface area contributed by atoms with Crippen LogP contribution < -0.4 is 20.1 Å². The van der Waals surface area contributed by atoms with Crippen LogP contribution in [-0.2, 0) is 11.2 Å². The molecule has 0 heterocycles. The van der Waals surface area contributed by atoms with Gasteiger partial charge in [-0.15, -0.1) is 0 Å². The van der Waals surface area contributed by atoms with E-state index in [1.54, 1.807) is 42.5 Å². The van der Waals surface area contributed by atoms with E-state index in [9.17, 15) is 9.59 Å². The van der Waals surface area contributed by atoms with Crippen LogP contribution in [0.15, 0.2) is 66.7 Å². The highest BCUT2D eigenvalue weighted by atomic mass is 35.5. The van der Waals surface area contributed by atoms with Crippen molar-refractivity contribution in [2.24, 2.45) is 0 Å². The van der Waals surface area contributed by atoms with Gasteiger partial charge in [-0.3, -0.25) is 4.79 Å². The van der Waals surface area contributed by atoms with Gasteiger partial charge in [0, 0.05) is 19.3 Å². The van der Waals surface area contributed by atoms with E-state index in [1.165, 1.54) is 0 Å². The summed E-state index contributed by atoms with van der Waals surface area (Å²) in [4.78, 5) is 24.4. The second-order valence-electron chi connectivity index (χ2n) is 8.91. The second-order valence-corrected chi connectivity index (χ2v) is 9.69. The van der Waals surface area contributed by atoms with Gasteiger partial charge in [0.25, 0.3) is 0 Å². The fraction of sp³-hybridized carbons (Fsp3) is 0.333. The molecular formula is C30H34Cl2N2O4. The summed E-state index contributed by atoms with van der Waals surface area (Å²) in [5.41, 5.74) is 2.27. The first-order chi connectivity index (χ1) is 18.5. The van der Waals surface area contributed by atoms with E-state index in [2.05, 4.69) is 10.6 Å². The van der Waals surface area contributed by atoms with Gasteiger partial charge in [0.05, 0.1) is 28.6 Å². The largest absolute Gasteiger partial charge is 0.494 e. The highest BCUT2D eigenvalue weighted by molar-refractivity contribution is 6.43. The zero-order chi connectivity index (χ0) is 27.2. The van der Waals surface area contributed by atoms with Crippen LogP contribution in [0.5, 0.6) is 11.5 Å². The smallest absolute Gasteiger partial charge is 0.345 e. The maximum Gasteiger partial charge on any atom is 0.345 e. The molecule has 2 N–H and O–H groups in total. The average Bonchev–Trinajstić information content (AvgIpc) is 2.92. The van der Waals surface area contributed by atoms with E-state index < -0.39 is 5.97 Å². The summed E-state index contributed by atoms with van der Waals surface area (Å²) in [6, 6.07) is 19.6. The van der Waals surface area contributed by atoms with Crippen molar-refractivity contribution in [3.05, 3.63) is 87.9 Å². The van der Waals surface area contributed by atoms with Crippen LogP contribution >= 0.6 is 23.2 Å². The first-order valence-corrected chi connectivity index (χ1v) is 13.6. The Bertz CT molecular complexity index is 1170. The van der Waals surface area contributed by atoms with Gasteiger partial charge in [-0.1, -0.05) is 67.1 Å². The molecule has 0 saturated heterocycles. The lowest BCUT2D eigenvalue weighted by atomic mass is 10.1. The first kappa shape index (κ1) is 29.3. The maximum absolute atomic E-state index is 12.3. The van der Waals surface area contributed by atoms with Gasteiger partial charge in [-0.25, -0.2) is 4.79 Å². The van der Waals surface area contributed by atoms with Crippen LogP contribution in [-0.4, -0.2) is 32.1 Å². The van der Waals surface area contributed by atoms with Crippen molar-refractivity contribution in [2.75, 3.05) is 25.5 Å². The number of esters is 1. The number of nitrogens with one attached hydrogen (secondary N) is 2. The van der Waals surface area contributed by atoms with Crippen LogP contribution in [0.2, 0.25) is 10.0 Å². The molecule has 3 aromatic carbocycles. The number of carbonyl (C=O) groups excluding carboxylic acids is 2. The van der Waals surface area contributed by atoms with E-state index in [0.29, 0.717) is 30.3 Å². The Labute approximate surface area is 234 Å². The predicted molar refractivity (Wildman–Crippen MR) is 154 cm³/mol. The molecule has 3 rings (SSSR count). The minimum absolute atomic E-state index is 0.0658. The lowest BCUT2D eigenvalue weighted by Gasteiger charge is -2.09. The third-order valence-electron chi connectivity index (χ3n) is 5.98. The lowest BCUT2D eigenvalue weighted by molar-refractivity contribution is -0.120. The zero-order valence-electron chi connectivity index (χ0n) is 21.6. The number of hydrogen-bond acceptors (Lipinski definition) is 5. The molecule has 0 aliphatic rings. The molecule has 0 bridgehead atoms. The van der Waals surface area contributed by atoms with Crippen molar-refractivity contribution in [3.8, 4) is 11.5 Å². The van der Waals surface area contributed by atoms with Crippen molar-refractivity contribution < 1.29 is 19.1 Å². The first-order valence-electron chi connectivity index (χ1n) is 12.9. The quantitative estimate of drug-likeness (QED) is 0.116. The summed E-state index contributed by atoms with van der Waals surface area (Å²) < 4.78 is 11.2. The summed E-state index contributed by atoms with van der Waals surface area (Å²) in [6.45, 7) is 1.34. The van der Waals surface area contributed by atoms with E-state index in [0.717, 1.165) is 55.5 Å². The Morgan fingerprint density at radius 2 is 1.45 bits per heavy atom. The number of amides is 1. The normalized spacial score (nSPS) is 10.6. The Kier molecular flexibility index (Phi) is 12.3. The van der Waals surface area contributed by atoms with Crippen LogP contribution in [0.3, 0.4) is 0 Å². The molecule has 0 fully saturated rings. The van der Waals surface area contributed by atoms with E-state index >= 15 is 0 Å². The summed E-state index contributed by atoms with van der Waals surface area (Å²) in [7, 11) is 1.88.